The molecule has 2 heterocycles. The van der Waals surface area contributed by atoms with E-state index in [1.807, 2.05) is 0 Å². The third kappa shape index (κ3) is 2.05. The van der Waals surface area contributed by atoms with Crippen LogP contribution in [0.25, 0.3) is 21.8 Å². The summed E-state index contributed by atoms with van der Waals surface area (Å²) in [4.78, 5) is 3.99. The zero-order valence-corrected chi connectivity index (χ0v) is 11.3. The fraction of sp³-hybridized carbons (Fsp3) is 0.0769. The van der Waals surface area contributed by atoms with E-state index in [4.69, 9.17) is 18.9 Å². The Kier molecular flexibility index (Phi) is 2.53. The van der Waals surface area contributed by atoms with Crippen molar-refractivity contribution in [2.45, 2.75) is 6.92 Å². The van der Waals surface area contributed by atoms with Gasteiger partial charge in [0.05, 0.1) is 18.9 Å². The highest BCUT2D eigenvalue weighted by Crippen LogP contribution is 2.39. The van der Waals surface area contributed by atoms with Gasteiger partial charge in [-0.2, -0.15) is 0 Å². The van der Waals surface area contributed by atoms with Crippen molar-refractivity contribution in [1.29, 1.82) is 0 Å². The molecular formula is C13H8ClFN2OS. The molecule has 0 amide bonds. The van der Waals surface area contributed by atoms with Gasteiger partial charge in [-0.15, -0.1) is 11.3 Å². The van der Waals surface area contributed by atoms with Crippen molar-refractivity contribution in [1.82, 2.24) is 10.1 Å². The number of benzene rings is 1. The van der Waals surface area contributed by atoms with Gasteiger partial charge in [-0.05, 0) is 19.1 Å². The second-order valence-corrected chi connectivity index (χ2v) is 4.99. The van der Waals surface area contributed by atoms with Crippen LogP contribution in [0.15, 0.2) is 34.3 Å². The number of rotatable bonds is 2. The molecule has 0 spiro atoms. The molecule has 0 N–H and O–H groups in total. The molecule has 96 valence electrons. The second-order valence-electron chi connectivity index (χ2n) is 3.79. The highest BCUT2D eigenvalue weighted by Gasteiger charge is 2.22. The number of halogens is 2. The van der Waals surface area contributed by atoms with Gasteiger partial charge in [-0.1, -0.05) is 22.8 Å². The van der Waals surface area contributed by atoms with Gasteiger partial charge in [0.15, 0.2) is 0 Å². The van der Waals surface area contributed by atoms with Crippen molar-refractivity contribution in [3.63, 3.8) is 0 Å². The molecule has 0 saturated carbocycles. The van der Waals surface area contributed by atoms with Crippen molar-refractivity contribution in [3.8, 4) is 21.8 Å². The maximum Gasteiger partial charge on any atom is 0.144 e. The van der Waals surface area contributed by atoms with E-state index < -0.39 is 5.82 Å². The minimum Gasteiger partial charge on any atom is -0.360 e. The summed E-state index contributed by atoms with van der Waals surface area (Å²) in [6.45, 7) is 1.66. The summed E-state index contributed by atoms with van der Waals surface area (Å²) < 4.78 is 34.3. The summed E-state index contributed by atoms with van der Waals surface area (Å²) >= 11 is 7.07. The molecule has 19 heavy (non-hydrogen) atoms. The number of hydrogen-bond donors (Lipinski definition) is 0. The molecule has 2 aromatic heterocycles. The Morgan fingerprint density at radius 1 is 1.42 bits per heavy atom. The van der Waals surface area contributed by atoms with Gasteiger partial charge >= 0.3 is 0 Å². The Morgan fingerprint density at radius 3 is 2.95 bits per heavy atom. The third-order valence-corrected chi connectivity index (χ3v) is 3.62. The second kappa shape index (κ2) is 4.75. The monoisotopic (exact) mass is 296 g/mol. The molecule has 0 atom stereocenters. The van der Waals surface area contributed by atoms with Crippen LogP contribution in [-0.2, 0) is 0 Å². The fourth-order valence-electron chi connectivity index (χ4n) is 1.79. The van der Waals surface area contributed by atoms with Crippen LogP contribution in [0.2, 0.25) is 5.02 Å². The fourth-order valence-corrected chi connectivity index (χ4v) is 2.67. The van der Waals surface area contributed by atoms with Crippen molar-refractivity contribution in [2.24, 2.45) is 0 Å². The molecule has 0 aliphatic carbocycles. The van der Waals surface area contributed by atoms with E-state index in [0.717, 1.165) is 11.3 Å². The van der Waals surface area contributed by atoms with Gasteiger partial charge in [0, 0.05) is 11.5 Å². The average Bonchev–Trinajstić information content (AvgIpc) is 2.94. The van der Waals surface area contributed by atoms with Crippen LogP contribution < -0.4 is 0 Å². The smallest absolute Gasteiger partial charge is 0.144 e. The number of nitrogens with zero attached hydrogens (tertiary/aromatic N) is 2. The van der Waals surface area contributed by atoms with Crippen LogP contribution in [0.1, 0.15) is 8.50 Å². The number of aromatic nitrogens is 2. The first kappa shape index (κ1) is 10.1. The average molecular weight is 297 g/mol. The van der Waals surface area contributed by atoms with E-state index in [1.165, 1.54) is 12.1 Å². The Hall–Kier alpha value is -1.72. The number of hydrogen-bond acceptors (Lipinski definition) is 4. The first-order chi connectivity index (χ1) is 9.99. The van der Waals surface area contributed by atoms with E-state index in [9.17, 15) is 4.39 Å². The van der Waals surface area contributed by atoms with Crippen molar-refractivity contribution >= 4 is 22.9 Å². The lowest BCUT2D eigenvalue weighted by Gasteiger charge is -2.03. The Labute approximate surface area is 120 Å². The maximum atomic E-state index is 14.1. The largest absolute Gasteiger partial charge is 0.360 e. The standard InChI is InChI=1S/C13H8ClFN2OS/c1-7-10(13-16-5-6-19-13)12(17-18-7)11-8(14)3-2-4-9(11)15/h2-6H,1H3/i5D,6D. The summed E-state index contributed by atoms with van der Waals surface area (Å²) in [5.74, 6) is -0.0936. The molecule has 0 unspecified atom stereocenters. The molecule has 3 nitrogen and oxygen atoms in total. The van der Waals surface area contributed by atoms with Crippen LogP contribution >= 0.6 is 22.9 Å². The summed E-state index contributed by atoms with van der Waals surface area (Å²) in [6.07, 6.45) is -0.138. The van der Waals surface area contributed by atoms with Crippen LogP contribution in [0, 0.1) is 12.7 Å². The van der Waals surface area contributed by atoms with Gasteiger partial charge < -0.3 is 4.52 Å². The Balaban J connectivity index is 2.27. The molecule has 0 saturated heterocycles. The quantitative estimate of drug-likeness (QED) is 0.695. The molecule has 6 heteroatoms. The lowest BCUT2D eigenvalue weighted by atomic mass is 10.1. The molecule has 0 fully saturated rings. The van der Waals surface area contributed by atoms with Crippen LogP contribution in [0.4, 0.5) is 4.39 Å². The first-order valence-electron chi connectivity index (χ1n) is 6.34. The van der Waals surface area contributed by atoms with Gasteiger partial charge in [-0.25, -0.2) is 9.37 Å². The summed E-state index contributed by atoms with van der Waals surface area (Å²) in [5, 5.41) is 4.49. The maximum absolute atomic E-state index is 14.1. The lowest BCUT2D eigenvalue weighted by Crippen LogP contribution is -1.89. The summed E-state index contributed by atoms with van der Waals surface area (Å²) in [7, 11) is 0. The van der Waals surface area contributed by atoms with Crippen molar-refractivity contribution in [2.75, 3.05) is 0 Å². The zero-order valence-electron chi connectivity index (χ0n) is 11.7. The minimum atomic E-state index is -0.522. The topological polar surface area (TPSA) is 38.9 Å². The van der Waals surface area contributed by atoms with Crippen LogP contribution in [0.5, 0.6) is 0 Å². The van der Waals surface area contributed by atoms with E-state index >= 15 is 0 Å². The predicted octanol–water partition coefficient (Wildman–Crippen LogP) is 4.57. The molecule has 0 aliphatic heterocycles. The van der Waals surface area contributed by atoms with Crippen molar-refractivity contribution in [3.05, 3.63) is 46.3 Å². The molecule has 0 bridgehead atoms. The first-order valence-corrected chi connectivity index (χ1v) is 6.53. The van der Waals surface area contributed by atoms with Gasteiger partial charge in [0.2, 0.25) is 0 Å². The van der Waals surface area contributed by atoms with E-state index in [0.29, 0.717) is 16.3 Å². The molecule has 3 aromatic rings. The van der Waals surface area contributed by atoms with Crippen LogP contribution in [-0.4, -0.2) is 10.1 Å². The zero-order chi connectivity index (χ0) is 15.1. The van der Waals surface area contributed by atoms with Crippen molar-refractivity contribution < 1.29 is 11.7 Å². The molecule has 3 rings (SSSR count). The minimum absolute atomic E-state index is 0.0242. The lowest BCUT2D eigenvalue weighted by molar-refractivity contribution is 0.400. The van der Waals surface area contributed by atoms with Gasteiger partial charge in [-0.3, -0.25) is 0 Å². The molecule has 1 aromatic carbocycles. The third-order valence-electron chi connectivity index (χ3n) is 2.63. The highest BCUT2D eigenvalue weighted by atomic mass is 35.5. The van der Waals surface area contributed by atoms with E-state index in [-0.39, 0.29) is 27.8 Å². The molecular weight excluding hydrogens is 287 g/mol. The normalized spacial score (nSPS) is 12.4. The van der Waals surface area contributed by atoms with E-state index in [2.05, 4.69) is 10.1 Å². The molecule has 0 radical (unpaired) electrons. The van der Waals surface area contributed by atoms with E-state index in [1.54, 1.807) is 13.0 Å². The Bertz CT molecular complexity index is 794. The van der Waals surface area contributed by atoms with Gasteiger partial charge in [0.1, 0.15) is 22.3 Å². The summed E-state index contributed by atoms with van der Waals surface area (Å²) in [5.41, 5.74) is 0.808. The number of aryl methyl sites for hydroxylation is 1. The molecule has 0 aliphatic rings. The highest BCUT2D eigenvalue weighted by molar-refractivity contribution is 7.13. The Morgan fingerprint density at radius 2 is 2.26 bits per heavy atom. The summed E-state index contributed by atoms with van der Waals surface area (Å²) in [6, 6.07) is 4.34. The predicted molar refractivity (Wildman–Crippen MR) is 72.8 cm³/mol. The number of thiazole rings is 1. The van der Waals surface area contributed by atoms with Crippen LogP contribution in [0.3, 0.4) is 0 Å². The van der Waals surface area contributed by atoms with Gasteiger partial charge in [0.25, 0.3) is 0 Å². The SMILES string of the molecule is [2H]c1nc(-c2c(-c3c(F)cccc3Cl)noc2C)sc1[2H].